The molecular formula is C26H30N2O6. The van der Waals surface area contributed by atoms with Crippen LogP contribution in [-0.2, 0) is 19.1 Å². The number of aliphatic carboxylic acids is 1. The SMILES string of the molecule is CCC(CNC(=O)OCC1c2ccccc2-c2ccccc21)CC(=O)N1CCOC(C(=O)O)C1. The van der Waals surface area contributed by atoms with E-state index in [1.165, 1.54) is 16.0 Å². The Bertz CT molecular complexity index is 1010. The van der Waals surface area contributed by atoms with E-state index in [4.69, 9.17) is 14.6 Å². The minimum Gasteiger partial charge on any atom is -0.479 e. The maximum absolute atomic E-state index is 12.6. The Morgan fingerprint density at radius 2 is 1.76 bits per heavy atom. The second-order valence-corrected chi connectivity index (χ2v) is 8.72. The van der Waals surface area contributed by atoms with Crippen LogP contribution in [0.15, 0.2) is 48.5 Å². The minimum absolute atomic E-state index is 0.00907. The molecule has 1 fully saturated rings. The average molecular weight is 467 g/mol. The van der Waals surface area contributed by atoms with E-state index >= 15 is 0 Å². The Kier molecular flexibility index (Phi) is 7.47. The lowest BCUT2D eigenvalue weighted by atomic mass is 9.98. The number of ether oxygens (including phenoxy) is 2. The van der Waals surface area contributed by atoms with Gasteiger partial charge in [-0.1, -0.05) is 61.9 Å². The molecule has 0 bridgehead atoms. The molecule has 2 aromatic rings. The number of morpholine rings is 1. The van der Waals surface area contributed by atoms with Gasteiger partial charge in [-0.15, -0.1) is 0 Å². The summed E-state index contributed by atoms with van der Waals surface area (Å²) in [5.41, 5.74) is 4.65. The maximum Gasteiger partial charge on any atom is 0.407 e. The highest BCUT2D eigenvalue weighted by Gasteiger charge is 2.31. The van der Waals surface area contributed by atoms with Crippen molar-refractivity contribution in [1.29, 1.82) is 0 Å². The standard InChI is InChI=1S/C26H30N2O6/c1-2-17(13-24(29)28-11-12-33-23(15-28)25(30)31)14-27-26(32)34-16-22-20-9-5-3-7-18(20)19-8-4-6-10-21(19)22/h3-10,17,22-23H,2,11-16H2,1H3,(H,27,32)(H,30,31). The number of nitrogens with one attached hydrogen (secondary N) is 1. The smallest absolute Gasteiger partial charge is 0.407 e. The minimum atomic E-state index is -1.07. The second kappa shape index (κ2) is 10.7. The van der Waals surface area contributed by atoms with Gasteiger partial charge in [-0.05, 0) is 28.2 Å². The van der Waals surface area contributed by atoms with Gasteiger partial charge in [-0.2, -0.15) is 0 Å². The fraction of sp³-hybridized carbons (Fsp3) is 0.423. The van der Waals surface area contributed by atoms with Gasteiger partial charge in [0.2, 0.25) is 5.91 Å². The number of hydrogen-bond acceptors (Lipinski definition) is 5. The largest absolute Gasteiger partial charge is 0.479 e. The van der Waals surface area contributed by atoms with E-state index in [0.717, 1.165) is 11.1 Å². The molecule has 2 aromatic carbocycles. The van der Waals surface area contributed by atoms with Crippen molar-refractivity contribution in [2.45, 2.75) is 31.8 Å². The van der Waals surface area contributed by atoms with Gasteiger partial charge in [0.05, 0.1) is 13.2 Å². The lowest BCUT2D eigenvalue weighted by Crippen LogP contribution is -2.49. The summed E-state index contributed by atoms with van der Waals surface area (Å²) >= 11 is 0. The average Bonchev–Trinajstić information content (AvgIpc) is 3.18. The summed E-state index contributed by atoms with van der Waals surface area (Å²) in [5, 5.41) is 11.9. The van der Waals surface area contributed by atoms with E-state index in [9.17, 15) is 14.4 Å². The van der Waals surface area contributed by atoms with E-state index in [0.29, 0.717) is 19.5 Å². The molecule has 8 heteroatoms. The Morgan fingerprint density at radius 3 is 2.38 bits per heavy atom. The van der Waals surface area contributed by atoms with Gasteiger partial charge >= 0.3 is 12.1 Å². The fourth-order valence-electron chi connectivity index (χ4n) is 4.64. The number of hydrogen-bond donors (Lipinski definition) is 2. The number of carbonyl (C=O) groups is 3. The third-order valence-electron chi connectivity index (χ3n) is 6.61. The number of nitrogens with zero attached hydrogens (tertiary/aromatic N) is 1. The molecule has 1 saturated heterocycles. The molecule has 2 unspecified atom stereocenters. The molecule has 0 saturated carbocycles. The van der Waals surface area contributed by atoms with Crippen molar-refractivity contribution in [3.63, 3.8) is 0 Å². The summed E-state index contributed by atoms with van der Waals surface area (Å²) in [7, 11) is 0. The Morgan fingerprint density at radius 1 is 1.12 bits per heavy atom. The lowest BCUT2D eigenvalue weighted by Gasteiger charge is -2.31. The number of fused-ring (bicyclic) bond motifs is 3. The van der Waals surface area contributed by atoms with Crippen LogP contribution >= 0.6 is 0 Å². The van der Waals surface area contributed by atoms with Gasteiger partial charge in [-0.25, -0.2) is 9.59 Å². The van der Waals surface area contributed by atoms with E-state index in [2.05, 4.69) is 29.6 Å². The number of alkyl carbamates (subject to hydrolysis) is 1. The number of carboxylic acid groups (broad SMARTS) is 1. The zero-order valence-electron chi connectivity index (χ0n) is 19.2. The van der Waals surface area contributed by atoms with Crippen molar-refractivity contribution in [2.75, 3.05) is 32.8 Å². The number of amides is 2. The molecule has 2 N–H and O–H groups in total. The van der Waals surface area contributed by atoms with Crippen LogP contribution in [0.3, 0.4) is 0 Å². The molecule has 2 atom stereocenters. The highest BCUT2D eigenvalue weighted by molar-refractivity contribution is 5.80. The summed E-state index contributed by atoms with van der Waals surface area (Å²) in [5.74, 6) is -1.28. The van der Waals surface area contributed by atoms with Gasteiger partial charge in [0.25, 0.3) is 0 Å². The van der Waals surface area contributed by atoms with Gasteiger partial charge in [0.15, 0.2) is 6.10 Å². The molecule has 0 spiro atoms. The molecule has 1 heterocycles. The number of rotatable bonds is 8. The van der Waals surface area contributed by atoms with Crippen LogP contribution in [0.2, 0.25) is 0 Å². The van der Waals surface area contributed by atoms with Crippen molar-refractivity contribution < 1.29 is 29.0 Å². The summed E-state index contributed by atoms with van der Waals surface area (Å²) in [4.78, 5) is 37.8. The summed E-state index contributed by atoms with van der Waals surface area (Å²) in [6, 6.07) is 16.3. The van der Waals surface area contributed by atoms with Crippen LogP contribution in [0.1, 0.15) is 36.8 Å². The van der Waals surface area contributed by atoms with Crippen molar-refractivity contribution in [3.05, 3.63) is 59.7 Å². The first kappa shape index (κ1) is 23.8. The third-order valence-corrected chi connectivity index (χ3v) is 6.61. The zero-order valence-corrected chi connectivity index (χ0v) is 19.2. The molecule has 1 aliphatic heterocycles. The summed E-state index contributed by atoms with van der Waals surface area (Å²) in [6.07, 6.45) is -0.573. The molecule has 4 rings (SSSR count). The first-order valence-electron chi connectivity index (χ1n) is 11.7. The van der Waals surface area contributed by atoms with Crippen molar-refractivity contribution >= 4 is 18.0 Å². The molecular weight excluding hydrogens is 436 g/mol. The number of carbonyl (C=O) groups excluding carboxylic acids is 2. The highest BCUT2D eigenvalue weighted by Crippen LogP contribution is 2.44. The van der Waals surface area contributed by atoms with Crippen LogP contribution in [0.25, 0.3) is 11.1 Å². The van der Waals surface area contributed by atoms with E-state index < -0.39 is 18.2 Å². The predicted octanol–water partition coefficient (Wildman–Crippen LogP) is 3.25. The Hall–Kier alpha value is -3.39. The molecule has 34 heavy (non-hydrogen) atoms. The first-order valence-corrected chi connectivity index (χ1v) is 11.7. The first-order chi connectivity index (χ1) is 16.5. The summed E-state index contributed by atoms with van der Waals surface area (Å²) < 4.78 is 10.7. The number of carboxylic acids is 1. The van der Waals surface area contributed by atoms with Gasteiger partial charge in [0, 0.05) is 25.4 Å². The third kappa shape index (κ3) is 5.22. The molecule has 2 amide bonds. The Labute approximate surface area is 198 Å². The van der Waals surface area contributed by atoms with E-state index in [-0.39, 0.29) is 43.9 Å². The van der Waals surface area contributed by atoms with Gasteiger partial charge in [0.1, 0.15) is 6.61 Å². The van der Waals surface area contributed by atoms with Crippen molar-refractivity contribution in [1.82, 2.24) is 10.2 Å². The molecule has 0 radical (unpaired) electrons. The van der Waals surface area contributed by atoms with Crippen LogP contribution in [0, 0.1) is 5.92 Å². The van der Waals surface area contributed by atoms with Crippen LogP contribution in [-0.4, -0.2) is 66.9 Å². The van der Waals surface area contributed by atoms with E-state index in [1.54, 1.807) is 0 Å². The monoisotopic (exact) mass is 466 g/mol. The lowest BCUT2D eigenvalue weighted by molar-refractivity contribution is -0.159. The van der Waals surface area contributed by atoms with Gasteiger partial charge in [-0.3, -0.25) is 4.79 Å². The maximum atomic E-state index is 12.6. The topological polar surface area (TPSA) is 105 Å². The van der Waals surface area contributed by atoms with Crippen LogP contribution in [0.5, 0.6) is 0 Å². The van der Waals surface area contributed by atoms with Crippen LogP contribution < -0.4 is 5.32 Å². The number of benzene rings is 2. The fourth-order valence-corrected chi connectivity index (χ4v) is 4.64. The molecule has 2 aliphatic rings. The molecule has 8 nitrogen and oxygen atoms in total. The normalized spacial score (nSPS) is 18.0. The van der Waals surface area contributed by atoms with Crippen molar-refractivity contribution in [3.8, 4) is 11.1 Å². The van der Waals surface area contributed by atoms with Gasteiger partial charge < -0.3 is 24.8 Å². The van der Waals surface area contributed by atoms with Crippen LogP contribution in [0.4, 0.5) is 4.79 Å². The highest BCUT2D eigenvalue weighted by atomic mass is 16.5. The zero-order chi connectivity index (χ0) is 24.1. The predicted molar refractivity (Wildman–Crippen MR) is 125 cm³/mol. The van der Waals surface area contributed by atoms with E-state index in [1.807, 2.05) is 31.2 Å². The quantitative estimate of drug-likeness (QED) is 0.619. The molecule has 180 valence electrons. The molecule has 0 aromatic heterocycles. The second-order valence-electron chi connectivity index (χ2n) is 8.72. The van der Waals surface area contributed by atoms with Crippen molar-refractivity contribution in [2.24, 2.45) is 5.92 Å². The molecule has 1 aliphatic carbocycles. The Balaban J connectivity index is 1.27. The summed E-state index contributed by atoms with van der Waals surface area (Å²) in [6.45, 7) is 3.13.